The molecule has 3 heteroatoms. The first kappa shape index (κ1) is 10.3. The van der Waals surface area contributed by atoms with Crippen molar-refractivity contribution in [2.24, 2.45) is 5.73 Å². The van der Waals surface area contributed by atoms with Crippen molar-refractivity contribution >= 4 is 5.91 Å². The first-order chi connectivity index (χ1) is 6.15. The number of allylic oxidation sites excluding steroid dienone is 1. The molecule has 2 unspecified atom stereocenters. The summed E-state index contributed by atoms with van der Waals surface area (Å²) in [5.74, 6) is 0.113. The molecule has 0 radical (unpaired) electrons. The molecule has 1 rings (SSSR count). The van der Waals surface area contributed by atoms with E-state index in [0.29, 0.717) is 0 Å². The lowest BCUT2D eigenvalue weighted by Crippen LogP contribution is -2.47. The Bertz CT molecular complexity index is 213. The summed E-state index contributed by atoms with van der Waals surface area (Å²) in [7, 11) is 0. The lowest BCUT2D eigenvalue weighted by atomic mass is 9.99. The Hall–Kier alpha value is -0.830. The van der Waals surface area contributed by atoms with Crippen LogP contribution in [0.4, 0.5) is 0 Å². The van der Waals surface area contributed by atoms with Crippen LogP contribution in [0.2, 0.25) is 0 Å². The SMILES string of the molecule is C/C=C/C(=O)N1CCC(N)CC1C. The van der Waals surface area contributed by atoms with Gasteiger partial charge in [0.25, 0.3) is 0 Å². The molecule has 1 heterocycles. The summed E-state index contributed by atoms with van der Waals surface area (Å²) in [5, 5.41) is 0. The number of hydrogen-bond acceptors (Lipinski definition) is 2. The van der Waals surface area contributed by atoms with Gasteiger partial charge in [0, 0.05) is 18.6 Å². The van der Waals surface area contributed by atoms with Crippen LogP contribution in [0.25, 0.3) is 0 Å². The highest BCUT2D eigenvalue weighted by atomic mass is 16.2. The third kappa shape index (κ3) is 2.56. The van der Waals surface area contributed by atoms with Crippen LogP contribution in [0.1, 0.15) is 26.7 Å². The number of likely N-dealkylation sites (tertiary alicyclic amines) is 1. The first-order valence-corrected chi connectivity index (χ1v) is 4.84. The summed E-state index contributed by atoms with van der Waals surface area (Å²) >= 11 is 0. The maximum absolute atomic E-state index is 11.5. The molecular formula is C10H18N2O. The fraction of sp³-hybridized carbons (Fsp3) is 0.700. The predicted molar refractivity (Wildman–Crippen MR) is 53.2 cm³/mol. The number of nitrogens with two attached hydrogens (primary N) is 1. The molecule has 1 amide bonds. The molecular weight excluding hydrogens is 164 g/mol. The van der Waals surface area contributed by atoms with Crippen molar-refractivity contribution in [3.8, 4) is 0 Å². The van der Waals surface area contributed by atoms with E-state index < -0.39 is 0 Å². The van der Waals surface area contributed by atoms with Crippen molar-refractivity contribution in [3.63, 3.8) is 0 Å². The van der Waals surface area contributed by atoms with Crippen LogP contribution in [-0.4, -0.2) is 29.4 Å². The minimum atomic E-state index is 0.113. The van der Waals surface area contributed by atoms with Gasteiger partial charge in [-0.25, -0.2) is 0 Å². The number of amides is 1. The van der Waals surface area contributed by atoms with E-state index in [2.05, 4.69) is 6.92 Å². The zero-order valence-electron chi connectivity index (χ0n) is 8.36. The van der Waals surface area contributed by atoms with E-state index >= 15 is 0 Å². The second kappa shape index (κ2) is 4.42. The summed E-state index contributed by atoms with van der Waals surface area (Å²) in [4.78, 5) is 13.4. The predicted octanol–water partition coefficient (Wildman–Crippen LogP) is 0.901. The lowest BCUT2D eigenvalue weighted by molar-refractivity contribution is -0.129. The summed E-state index contributed by atoms with van der Waals surface area (Å²) in [6.45, 7) is 4.71. The van der Waals surface area contributed by atoms with E-state index in [4.69, 9.17) is 5.73 Å². The normalized spacial score (nSPS) is 29.6. The molecule has 2 N–H and O–H groups in total. The van der Waals surface area contributed by atoms with E-state index in [1.165, 1.54) is 0 Å². The number of carbonyl (C=O) groups is 1. The minimum Gasteiger partial charge on any atom is -0.336 e. The van der Waals surface area contributed by atoms with Gasteiger partial charge in [0.15, 0.2) is 0 Å². The Morgan fingerprint density at radius 1 is 1.62 bits per heavy atom. The van der Waals surface area contributed by atoms with E-state index in [9.17, 15) is 4.79 Å². The fourth-order valence-electron chi connectivity index (χ4n) is 1.77. The van der Waals surface area contributed by atoms with Gasteiger partial charge in [-0.2, -0.15) is 0 Å². The molecule has 0 spiro atoms. The van der Waals surface area contributed by atoms with Crippen LogP contribution >= 0.6 is 0 Å². The van der Waals surface area contributed by atoms with Gasteiger partial charge in [0.1, 0.15) is 0 Å². The molecule has 1 aliphatic rings. The van der Waals surface area contributed by atoms with Crippen molar-refractivity contribution in [1.29, 1.82) is 0 Å². The summed E-state index contributed by atoms with van der Waals surface area (Å²) in [5.41, 5.74) is 5.81. The molecule has 0 bridgehead atoms. The van der Waals surface area contributed by atoms with Crippen LogP contribution in [0, 0.1) is 0 Å². The van der Waals surface area contributed by atoms with Gasteiger partial charge < -0.3 is 10.6 Å². The monoisotopic (exact) mass is 182 g/mol. The van der Waals surface area contributed by atoms with Gasteiger partial charge in [-0.3, -0.25) is 4.79 Å². The molecule has 0 aromatic rings. The molecule has 2 atom stereocenters. The van der Waals surface area contributed by atoms with Gasteiger partial charge in [-0.1, -0.05) is 6.08 Å². The smallest absolute Gasteiger partial charge is 0.246 e. The second-order valence-corrected chi connectivity index (χ2v) is 3.67. The van der Waals surface area contributed by atoms with E-state index in [-0.39, 0.29) is 18.0 Å². The third-order valence-electron chi connectivity index (χ3n) is 2.51. The molecule has 3 nitrogen and oxygen atoms in total. The van der Waals surface area contributed by atoms with Crippen LogP contribution in [0.15, 0.2) is 12.2 Å². The van der Waals surface area contributed by atoms with Gasteiger partial charge in [-0.05, 0) is 32.8 Å². The third-order valence-corrected chi connectivity index (χ3v) is 2.51. The van der Waals surface area contributed by atoms with Gasteiger partial charge >= 0.3 is 0 Å². The summed E-state index contributed by atoms with van der Waals surface area (Å²) in [6, 6.07) is 0.553. The molecule has 0 aliphatic carbocycles. The molecule has 0 aromatic carbocycles. The Balaban J connectivity index is 2.55. The highest BCUT2D eigenvalue weighted by molar-refractivity contribution is 5.87. The maximum atomic E-state index is 11.5. The Labute approximate surface area is 79.6 Å². The molecule has 0 saturated carbocycles. The molecule has 13 heavy (non-hydrogen) atoms. The average molecular weight is 182 g/mol. The maximum Gasteiger partial charge on any atom is 0.246 e. The Morgan fingerprint density at radius 3 is 2.85 bits per heavy atom. The highest BCUT2D eigenvalue weighted by Gasteiger charge is 2.25. The minimum absolute atomic E-state index is 0.113. The van der Waals surface area contributed by atoms with Crippen LogP contribution in [0.3, 0.4) is 0 Å². The zero-order valence-corrected chi connectivity index (χ0v) is 8.36. The molecule has 1 fully saturated rings. The van der Waals surface area contributed by atoms with Crippen molar-refractivity contribution in [3.05, 3.63) is 12.2 Å². The largest absolute Gasteiger partial charge is 0.336 e. The molecule has 1 aliphatic heterocycles. The van der Waals surface area contributed by atoms with Gasteiger partial charge in [0.2, 0.25) is 5.91 Å². The number of carbonyl (C=O) groups excluding carboxylic acids is 1. The van der Waals surface area contributed by atoms with Crippen molar-refractivity contribution < 1.29 is 4.79 Å². The van der Waals surface area contributed by atoms with Crippen molar-refractivity contribution in [2.45, 2.75) is 38.8 Å². The number of hydrogen-bond donors (Lipinski definition) is 1. The fourth-order valence-corrected chi connectivity index (χ4v) is 1.77. The van der Waals surface area contributed by atoms with Crippen molar-refractivity contribution in [1.82, 2.24) is 4.90 Å². The average Bonchev–Trinajstić information content (AvgIpc) is 2.04. The van der Waals surface area contributed by atoms with E-state index in [0.717, 1.165) is 19.4 Å². The summed E-state index contributed by atoms with van der Waals surface area (Å²) < 4.78 is 0. The van der Waals surface area contributed by atoms with Gasteiger partial charge in [0.05, 0.1) is 0 Å². The van der Waals surface area contributed by atoms with E-state index in [1.807, 2.05) is 11.8 Å². The molecule has 0 aromatic heterocycles. The molecule has 1 saturated heterocycles. The van der Waals surface area contributed by atoms with Crippen molar-refractivity contribution in [2.75, 3.05) is 6.54 Å². The topological polar surface area (TPSA) is 46.3 Å². The molecule has 74 valence electrons. The highest BCUT2D eigenvalue weighted by Crippen LogP contribution is 2.15. The van der Waals surface area contributed by atoms with Crippen LogP contribution in [0.5, 0.6) is 0 Å². The quantitative estimate of drug-likeness (QED) is 0.612. The van der Waals surface area contributed by atoms with Crippen LogP contribution in [-0.2, 0) is 4.79 Å². The summed E-state index contributed by atoms with van der Waals surface area (Å²) in [6.07, 6.45) is 5.24. The zero-order chi connectivity index (χ0) is 9.84. The number of nitrogens with zero attached hydrogens (tertiary/aromatic N) is 1. The Morgan fingerprint density at radius 2 is 2.31 bits per heavy atom. The number of piperidine rings is 1. The first-order valence-electron chi connectivity index (χ1n) is 4.84. The lowest BCUT2D eigenvalue weighted by Gasteiger charge is -2.35. The second-order valence-electron chi connectivity index (χ2n) is 3.67. The standard InChI is InChI=1S/C10H18N2O/c1-3-4-10(13)12-6-5-9(11)7-8(12)2/h3-4,8-9H,5-7,11H2,1-2H3/b4-3+. The van der Waals surface area contributed by atoms with E-state index in [1.54, 1.807) is 12.2 Å². The van der Waals surface area contributed by atoms with Gasteiger partial charge in [-0.15, -0.1) is 0 Å². The number of rotatable bonds is 1. The Kier molecular flexibility index (Phi) is 3.48. The van der Waals surface area contributed by atoms with Crippen LogP contribution < -0.4 is 5.73 Å².